The Morgan fingerprint density at radius 3 is 2.24 bits per heavy atom. The van der Waals surface area contributed by atoms with Crippen LogP contribution in [-0.2, 0) is 16.1 Å². The van der Waals surface area contributed by atoms with E-state index in [1.165, 1.54) is 0 Å². The topological polar surface area (TPSA) is 60.9 Å². The average Bonchev–Trinajstić information content (AvgIpc) is 3.23. The molecule has 4 rings (SSSR count). The Morgan fingerprint density at radius 1 is 0.970 bits per heavy atom. The summed E-state index contributed by atoms with van der Waals surface area (Å²) in [6.07, 6.45) is 2.72. The van der Waals surface area contributed by atoms with Crippen molar-refractivity contribution in [2.24, 2.45) is 5.92 Å². The predicted octanol–water partition coefficient (Wildman–Crippen LogP) is 3.58. The summed E-state index contributed by atoms with van der Waals surface area (Å²) in [6, 6.07) is 19.4. The second kappa shape index (κ2) is 10.6. The van der Waals surface area contributed by atoms with E-state index in [0.717, 1.165) is 24.8 Å². The van der Waals surface area contributed by atoms with E-state index in [1.54, 1.807) is 0 Å². The van der Waals surface area contributed by atoms with Crippen LogP contribution in [-0.4, -0.2) is 64.6 Å². The lowest BCUT2D eigenvalue weighted by molar-refractivity contribution is -0.139. The lowest BCUT2D eigenvalue weighted by atomic mass is 9.98. The van der Waals surface area contributed by atoms with Crippen LogP contribution in [0.5, 0.6) is 0 Å². The second-order valence-corrected chi connectivity index (χ2v) is 9.08. The van der Waals surface area contributed by atoms with Crippen molar-refractivity contribution in [2.75, 3.05) is 26.2 Å². The highest BCUT2D eigenvalue weighted by Crippen LogP contribution is 2.26. The van der Waals surface area contributed by atoms with E-state index in [4.69, 9.17) is 0 Å². The van der Waals surface area contributed by atoms with Crippen molar-refractivity contribution in [3.8, 4) is 0 Å². The molecule has 0 bridgehead atoms. The van der Waals surface area contributed by atoms with Gasteiger partial charge in [-0.25, -0.2) is 0 Å². The standard InChI is InChI=1S/C27H33N3O3/c1-2-15-30(24-13-16-28(17-14-24)26(32)22-11-7-4-8-12-22)27(33)23-18-25(31)29(20-23)19-21-9-5-3-6-10-21/h3-12,23-24H,2,13-20H2,1H3. The first-order chi connectivity index (χ1) is 16.1. The number of nitrogens with zero attached hydrogens (tertiary/aromatic N) is 3. The number of amides is 3. The molecule has 0 aromatic heterocycles. The Bertz CT molecular complexity index is 955. The summed E-state index contributed by atoms with van der Waals surface area (Å²) in [5.41, 5.74) is 1.79. The molecule has 2 aromatic carbocycles. The quantitative estimate of drug-likeness (QED) is 0.652. The van der Waals surface area contributed by atoms with E-state index in [0.29, 0.717) is 38.3 Å². The molecular weight excluding hydrogens is 414 g/mol. The first kappa shape index (κ1) is 23.0. The summed E-state index contributed by atoms with van der Waals surface area (Å²) in [4.78, 5) is 44.6. The zero-order chi connectivity index (χ0) is 23.2. The Balaban J connectivity index is 1.36. The van der Waals surface area contributed by atoms with Gasteiger partial charge in [0.05, 0.1) is 5.92 Å². The first-order valence-electron chi connectivity index (χ1n) is 12.0. The fourth-order valence-corrected chi connectivity index (χ4v) is 4.99. The van der Waals surface area contributed by atoms with Gasteiger partial charge in [-0.2, -0.15) is 0 Å². The molecule has 0 spiro atoms. The van der Waals surface area contributed by atoms with Gasteiger partial charge in [-0.3, -0.25) is 14.4 Å². The molecular formula is C27H33N3O3. The summed E-state index contributed by atoms with van der Waals surface area (Å²) in [5.74, 6) is -0.0809. The van der Waals surface area contributed by atoms with E-state index in [-0.39, 0.29) is 36.1 Å². The molecule has 0 radical (unpaired) electrons. The Labute approximate surface area is 196 Å². The molecule has 2 aromatic rings. The zero-order valence-electron chi connectivity index (χ0n) is 19.4. The smallest absolute Gasteiger partial charge is 0.253 e. The van der Waals surface area contributed by atoms with E-state index < -0.39 is 0 Å². The molecule has 3 amide bonds. The maximum Gasteiger partial charge on any atom is 0.253 e. The van der Waals surface area contributed by atoms with Crippen LogP contribution in [0.2, 0.25) is 0 Å². The van der Waals surface area contributed by atoms with Crippen molar-refractivity contribution in [3.63, 3.8) is 0 Å². The largest absolute Gasteiger partial charge is 0.339 e. The number of hydrogen-bond acceptors (Lipinski definition) is 3. The van der Waals surface area contributed by atoms with Crippen molar-refractivity contribution < 1.29 is 14.4 Å². The molecule has 6 nitrogen and oxygen atoms in total. The fraction of sp³-hybridized carbons (Fsp3) is 0.444. The Hall–Kier alpha value is -3.15. The molecule has 1 unspecified atom stereocenters. The van der Waals surface area contributed by atoms with Crippen LogP contribution in [0.15, 0.2) is 60.7 Å². The van der Waals surface area contributed by atoms with Crippen LogP contribution in [0.1, 0.15) is 48.5 Å². The Morgan fingerprint density at radius 2 is 1.61 bits per heavy atom. The monoisotopic (exact) mass is 447 g/mol. The molecule has 0 N–H and O–H groups in total. The van der Waals surface area contributed by atoms with Gasteiger partial charge in [-0.15, -0.1) is 0 Å². The summed E-state index contributed by atoms with van der Waals surface area (Å²) < 4.78 is 0. The third-order valence-electron chi connectivity index (χ3n) is 6.74. The molecule has 2 saturated heterocycles. The highest BCUT2D eigenvalue weighted by Gasteiger charge is 2.39. The molecule has 2 heterocycles. The first-order valence-corrected chi connectivity index (χ1v) is 12.0. The highest BCUT2D eigenvalue weighted by atomic mass is 16.2. The molecule has 0 saturated carbocycles. The van der Waals surface area contributed by atoms with E-state index >= 15 is 0 Å². The van der Waals surface area contributed by atoms with Gasteiger partial charge in [0.25, 0.3) is 5.91 Å². The average molecular weight is 448 g/mol. The fourth-order valence-electron chi connectivity index (χ4n) is 4.99. The van der Waals surface area contributed by atoms with Crippen molar-refractivity contribution in [3.05, 3.63) is 71.8 Å². The lowest BCUT2D eigenvalue weighted by Crippen LogP contribution is -2.50. The normalized spacial score (nSPS) is 19.1. The maximum absolute atomic E-state index is 13.5. The van der Waals surface area contributed by atoms with Crippen LogP contribution in [0.25, 0.3) is 0 Å². The Kier molecular flexibility index (Phi) is 7.43. The van der Waals surface area contributed by atoms with Gasteiger partial charge in [0.2, 0.25) is 11.8 Å². The van der Waals surface area contributed by atoms with Gasteiger partial charge in [-0.1, -0.05) is 55.5 Å². The molecule has 6 heteroatoms. The van der Waals surface area contributed by atoms with Gasteiger partial charge < -0.3 is 14.7 Å². The van der Waals surface area contributed by atoms with Crippen LogP contribution < -0.4 is 0 Å². The van der Waals surface area contributed by atoms with Crippen LogP contribution in [0, 0.1) is 5.92 Å². The number of carbonyl (C=O) groups is 3. The van der Waals surface area contributed by atoms with Crippen LogP contribution in [0.3, 0.4) is 0 Å². The minimum absolute atomic E-state index is 0.0527. The van der Waals surface area contributed by atoms with E-state index in [2.05, 4.69) is 6.92 Å². The van der Waals surface area contributed by atoms with Gasteiger partial charge in [0.15, 0.2) is 0 Å². The van der Waals surface area contributed by atoms with Gasteiger partial charge >= 0.3 is 0 Å². The van der Waals surface area contributed by atoms with Crippen molar-refractivity contribution in [1.29, 1.82) is 0 Å². The van der Waals surface area contributed by atoms with Crippen molar-refractivity contribution in [2.45, 2.75) is 45.2 Å². The third kappa shape index (κ3) is 5.44. The number of likely N-dealkylation sites (tertiary alicyclic amines) is 2. The minimum atomic E-state index is -0.281. The third-order valence-corrected chi connectivity index (χ3v) is 6.74. The number of carbonyl (C=O) groups excluding carboxylic acids is 3. The van der Waals surface area contributed by atoms with Gasteiger partial charge in [0, 0.05) is 50.7 Å². The highest BCUT2D eigenvalue weighted by molar-refractivity contribution is 5.94. The zero-order valence-corrected chi connectivity index (χ0v) is 19.4. The van der Waals surface area contributed by atoms with Gasteiger partial charge in [0.1, 0.15) is 0 Å². The van der Waals surface area contributed by atoms with E-state index in [1.807, 2.05) is 75.4 Å². The summed E-state index contributed by atoms with van der Waals surface area (Å²) in [6.45, 7) is 5.11. The number of benzene rings is 2. The maximum atomic E-state index is 13.5. The predicted molar refractivity (Wildman–Crippen MR) is 127 cm³/mol. The van der Waals surface area contributed by atoms with Crippen molar-refractivity contribution >= 4 is 17.7 Å². The summed E-state index contributed by atoms with van der Waals surface area (Å²) in [7, 11) is 0. The SMILES string of the molecule is CCCN(C(=O)C1CC(=O)N(Cc2ccccc2)C1)C1CCN(C(=O)c2ccccc2)CC1. The molecule has 1 atom stereocenters. The summed E-state index contributed by atoms with van der Waals surface area (Å²) in [5, 5.41) is 0. The second-order valence-electron chi connectivity index (χ2n) is 9.08. The molecule has 0 aliphatic carbocycles. The van der Waals surface area contributed by atoms with E-state index in [9.17, 15) is 14.4 Å². The number of rotatable bonds is 7. The number of hydrogen-bond donors (Lipinski definition) is 0. The van der Waals surface area contributed by atoms with Crippen LogP contribution in [0.4, 0.5) is 0 Å². The van der Waals surface area contributed by atoms with Gasteiger partial charge in [-0.05, 0) is 37.0 Å². The lowest BCUT2D eigenvalue weighted by Gasteiger charge is -2.39. The summed E-state index contributed by atoms with van der Waals surface area (Å²) >= 11 is 0. The molecule has 2 fully saturated rings. The van der Waals surface area contributed by atoms with Crippen LogP contribution >= 0.6 is 0 Å². The molecule has 2 aliphatic rings. The molecule has 33 heavy (non-hydrogen) atoms. The van der Waals surface area contributed by atoms with Crippen molar-refractivity contribution in [1.82, 2.24) is 14.7 Å². The minimum Gasteiger partial charge on any atom is -0.339 e. The molecule has 174 valence electrons. The number of piperidine rings is 1. The molecule has 2 aliphatic heterocycles.